The fourth-order valence-corrected chi connectivity index (χ4v) is 2.97. The van der Waals surface area contributed by atoms with Gasteiger partial charge in [0.25, 0.3) is 0 Å². The van der Waals surface area contributed by atoms with Crippen LogP contribution in [0.5, 0.6) is 0 Å². The van der Waals surface area contributed by atoms with Crippen LogP contribution in [0, 0.1) is 0 Å². The van der Waals surface area contributed by atoms with E-state index >= 15 is 0 Å². The first-order valence-corrected chi connectivity index (χ1v) is 5.93. The summed E-state index contributed by atoms with van der Waals surface area (Å²) < 4.78 is 0. The Bertz CT molecular complexity index is 175. The van der Waals surface area contributed by atoms with E-state index in [2.05, 4.69) is 12.2 Å². The Balaban J connectivity index is 2.34. The van der Waals surface area contributed by atoms with E-state index in [1.807, 2.05) is 11.8 Å². The van der Waals surface area contributed by atoms with Crippen LogP contribution in [-0.2, 0) is 4.79 Å². The molecule has 0 aromatic heterocycles. The van der Waals surface area contributed by atoms with E-state index in [1.54, 1.807) is 0 Å². The van der Waals surface area contributed by atoms with E-state index in [-0.39, 0.29) is 12.5 Å². The predicted octanol–water partition coefficient (Wildman–Crippen LogP) is 0.736. The highest BCUT2D eigenvalue weighted by atomic mass is 32.2. The van der Waals surface area contributed by atoms with Gasteiger partial charge >= 0.3 is 0 Å². The highest BCUT2D eigenvalue weighted by Gasteiger charge is 2.27. The molecule has 13 heavy (non-hydrogen) atoms. The van der Waals surface area contributed by atoms with E-state index in [0.717, 1.165) is 12.2 Å². The maximum absolute atomic E-state index is 11.1. The van der Waals surface area contributed by atoms with Crippen LogP contribution in [0.1, 0.15) is 26.2 Å². The van der Waals surface area contributed by atoms with Gasteiger partial charge in [-0.1, -0.05) is 13.3 Å². The average molecular weight is 202 g/mol. The minimum absolute atomic E-state index is 0.0198. The van der Waals surface area contributed by atoms with Crippen molar-refractivity contribution in [1.29, 1.82) is 0 Å². The molecule has 1 fully saturated rings. The zero-order valence-corrected chi connectivity index (χ0v) is 8.90. The predicted molar refractivity (Wildman–Crippen MR) is 56.8 cm³/mol. The van der Waals surface area contributed by atoms with Gasteiger partial charge < -0.3 is 11.1 Å². The number of hydrogen-bond acceptors (Lipinski definition) is 3. The van der Waals surface area contributed by atoms with Gasteiger partial charge in [-0.15, -0.1) is 0 Å². The smallest absolute Gasteiger partial charge is 0.233 e. The van der Waals surface area contributed by atoms with Crippen molar-refractivity contribution in [3.8, 4) is 0 Å². The van der Waals surface area contributed by atoms with Crippen molar-refractivity contribution in [2.45, 2.75) is 37.5 Å². The minimum atomic E-state index is -0.0198. The third kappa shape index (κ3) is 3.19. The minimum Gasteiger partial charge on any atom is -0.351 e. The van der Waals surface area contributed by atoms with Crippen molar-refractivity contribution < 1.29 is 4.79 Å². The number of carbonyl (C=O) groups is 1. The zero-order chi connectivity index (χ0) is 9.68. The van der Waals surface area contributed by atoms with Gasteiger partial charge in [-0.25, -0.2) is 0 Å². The van der Waals surface area contributed by atoms with Crippen molar-refractivity contribution in [2.75, 3.05) is 12.3 Å². The van der Waals surface area contributed by atoms with Gasteiger partial charge in [-0.3, -0.25) is 4.79 Å². The lowest BCUT2D eigenvalue weighted by Gasteiger charge is -2.19. The monoisotopic (exact) mass is 202 g/mol. The van der Waals surface area contributed by atoms with E-state index in [1.165, 1.54) is 12.8 Å². The molecule has 3 N–H and O–H groups in total. The number of amides is 1. The molecule has 0 radical (unpaired) electrons. The van der Waals surface area contributed by atoms with Gasteiger partial charge in [0.1, 0.15) is 0 Å². The fraction of sp³-hybridized carbons (Fsp3) is 0.889. The van der Waals surface area contributed by atoms with Crippen molar-refractivity contribution in [3.63, 3.8) is 0 Å². The van der Waals surface area contributed by atoms with Gasteiger partial charge in [0.2, 0.25) is 5.91 Å². The van der Waals surface area contributed by atoms with Crippen LogP contribution in [0.25, 0.3) is 0 Å². The van der Waals surface area contributed by atoms with Crippen molar-refractivity contribution >= 4 is 17.7 Å². The topological polar surface area (TPSA) is 55.1 Å². The molecule has 0 bridgehead atoms. The van der Waals surface area contributed by atoms with Crippen LogP contribution < -0.4 is 11.1 Å². The summed E-state index contributed by atoms with van der Waals surface area (Å²) in [5.41, 5.74) is 5.25. The summed E-state index contributed by atoms with van der Waals surface area (Å²) in [6, 6.07) is 0.362. The molecule has 1 aliphatic carbocycles. The van der Waals surface area contributed by atoms with Crippen LogP contribution in [0.15, 0.2) is 0 Å². The van der Waals surface area contributed by atoms with E-state index < -0.39 is 0 Å². The van der Waals surface area contributed by atoms with Crippen molar-refractivity contribution in [3.05, 3.63) is 0 Å². The second-order valence-corrected chi connectivity index (χ2v) is 4.82. The first-order chi connectivity index (χ1) is 6.27. The van der Waals surface area contributed by atoms with E-state index in [4.69, 9.17) is 5.73 Å². The molecule has 0 spiro atoms. The molecule has 0 aliphatic heterocycles. The normalized spacial score (nSPS) is 27.5. The van der Waals surface area contributed by atoms with E-state index in [9.17, 15) is 4.79 Å². The Morgan fingerprint density at radius 1 is 1.62 bits per heavy atom. The Labute approximate surface area is 83.8 Å². The van der Waals surface area contributed by atoms with Gasteiger partial charge in [-0.05, 0) is 18.6 Å². The lowest BCUT2D eigenvalue weighted by molar-refractivity contribution is -0.120. The fourth-order valence-electron chi connectivity index (χ4n) is 1.77. The lowest BCUT2D eigenvalue weighted by Crippen LogP contribution is -2.41. The highest BCUT2D eigenvalue weighted by molar-refractivity contribution is 7.99. The Kier molecular flexibility index (Phi) is 4.59. The Morgan fingerprint density at radius 3 is 3.00 bits per heavy atom. The molecule has 0 saturated heterocycles. The van der Waals surface area contributed by atoms with Gasteiger partial charge in [0.05, 0.1) is 6.54 Å². The molecule has 0 aromatic carbocycles. The molecule has 0 aromatic rings. The summed E-state index contributed by atoms with van der Waals surface area (Å²) in [5.74, 6) is 1.10. The van der Waals surface area contributed by atoms with Crippen LogP contribution in [0.2, 0.25) is 0 Å². The quantitative estimate of drug-likeness (QED) is 0.707. The third-order valence-corrected chi connectivity index (χ3v) is 3.69. The Morgan fingerprint density at radius 2 is 2.38 bits per heavy atom. The number of nitrogens with two attached hydrogens (primary N) is 1. The number of carbonyl (C=O) groups excluding carboxylic acids is 1. The molecule has 1 amide bonds. The van der Waals surface area contributed by atoms with Crippen LogP contribution in [0.4, 0.5) is 0 Å². The van der Waals surface area contributed by atoms with E-state index in [0.29, 0.717) is 11.3 Å². The van der Waals surface area contributed by atoms with Gasteiger partial charge in [0.15, 0.2) is 0 Å². The molecule has 1 aliphatic rings. The van der Waals surface area contributed by atoms with Crippen LogP contribution in [0.3, 0.4) is 0 Å². The van der Waals surface area contributed by atoms with Gasteiger partial charge in [0, 0.05) is 11.3 Å². The lowest BCUT2D eigenvalue weighted by atomic mass is 10.2. The summed E-state index contributed by atoms with van der Waals surface area (Å²) in [6.45, 7) is 2.27. The first-order valence-electron chi connectivity index (χ1n) is 4.89. The first kappa shape index (κ1) is 10.9. The molecule has 1 saturated carbocycles. The van der Waals surface area contributed by atoms with Gasteiger partial charge in [-0.2, -0.15) is 11.8 Å². The molecular formula is C9H18N2OS. The third-order valence-electron chi connectivity index (χ3n) is 2.37. The van der Waals surface area contributed by atoms with Crippen LogP contribution >= 0.6 is 11.8 Å². The summed E-state index contributed by atoms with van der Waals surface area (Å²) in [4.78, 5) is 11.1. The number of thioether (sulfide) groups is 1. The maximum Gasteiger partial charge on any atom is 0.233 e. The molecule has 0 heterocycles. The van der Waals surface area contributed by atoms with Crippen molar-refractivity contribution in [2.24, 2.45) is 5.73 Å². The molecule has 2 unspecified atom stereocenters. The number of nitrogens with one attached hydrogen (secondary N) is 1. The summed E-state index contributed by atoms with van der Waals surface area (Å²) >= 11 is 1.94. The van der Waals surface area contributed by atoms with Crippen molar-refractivity contribution in [1.82, 2.24) is 5.32 Å². The molecule has 3 nitrogen and oxygen atoms in total. The molecule has 4 heteroatoms. The largest absolute Gasteiger partial charge is 0.351 e. The Hall–Kier alpha value is -0.220. The highest BCUT2D eigenvalue weighted by Crippen LogP contribution is 2.29. The number of hydrogen-bond donors (Lipinski definition) is 2. The summed E-state index contributed by atoms with van der Waals surface area (Å²) in [7, 11) is 0. The average Bonchev–Trinajstić information content (AvgIpc) is 2.54. The zero-order valence-electron chi connectivity index (χ0n) is 8.08. The molecular weight excluding hydrogens is 184 g/mol. The number of rotatable bonds is 4. The molecule has 2 atom stereocenters. The summed E-state index contributed by atoms with van der Waals surface area (Å²) in [5, 5.41) is 3.59. The summed E-state index contributed by atoms with van der Waals surface area (Å²) in [6.07, 6.45) is 3.57. The second kappa shape index (κ2) is 5.50. The second-order valence-electron chi connectivity index (χ2n) is 3.30. The molecule has 1 rings (SSSR count). The SMILES string of the molecule is CCSC1CCCC1NC(=O)CN. The van der Waals surface area contributed by atoms with Crippen LogP contribution in [-0.4, -0.2) is 29.5 Å². The standard InChI is InChI=1S/C9H18N2OS/c1-2-13-8-5-3-4-7(8)11-9(12)6-10/h7-8H,2-6,10H2,1H3,(H,11,12). The maximum atomic E-state index is 11.1. The molecule has 76 valence electrons.